The highest BCUT2D eigenvalue weighted by atomic mass is 16.3. The van der Waals surface area contributed by atoms with Gasteiger partial charge in [-0.05, 0) is 18.4 Å². The molecule has 0 aromatic heterocycles. The smallest absolute Gasteiger partial charge is 0.127 e. The predicted octanol–water partition coefficient (Wildman–Crippen LogP) is 1.18. The van der Waals surface area contributed by atoms with Gasteiger partial charge < -0.3 is 9.90 Å². The predicted molar refractivity (Wildman–Crippen MR) is 29.6 cm³/mol. The molecule has 44 valence electrons. The number of aliphatic hydroxyl groups is 1. The molecule has 0 aromatic rings. The van der Waals surface area contributed by atoms with Crippen molar-refractivity contribution in [1.82, 2.24) is 0 Å². The molecule has 1 rings (SSSR count). The van der Waals surface area contributed by atoms with Crippen LogP contribution in [0.5, 0.6) is 0 Å². The average Bonchev–Trinajstić information content (AvgIpc) is 2.45. The summed E-state index contributed by atoms with van der Waals surface area (Å²) in [4.78, 5) is 9.75. The fourth-order valence-corrected chi connectivity index (χ4v) is 0.574. The summed E-state index contributed by atoms with van der Waals surface area (Å²) in [5.74, 6) is 0.292. The normalized spacial score (nSPS) is 15.8. The highest BCUT2D eigenvalue weighted by Gasteiger charge is 2.16. The molecule has 1 aliphatic rings. The van der Waals surface area contributed by atoms with Crippen LogP contribution in [0.2, 0.25) is 0 Å². The van der Waals surface area contributed by atoms with Gasteiger partial charge in [0.1, 0.15) is 6.29 Å². The van der Waals surface area contributed by atoms with E-state index in [0.717, 1.165) is 24.7 Å². The van der Waals surface area contributed by atoms with Gasteiger partial charge in [-0.25, -0.2) is 0 Å². The second-order valence-electron chi connectivity index (χ2n) is 1.92. The molecule has 0 bridgehead atoms. The number of aldehydes is 1. The maximum atomic E-state index is 9.75. The van der Waals surface area contributed by atoms with Crippen molar-refractivity contribution < 1.29 is 9.90 Å². The Bertz CT molecular complexity index is 129. The van der Waals surface area contributed by atoms with Crippen molar-refractivity contribution in [3.63, 3.8) is 0 Å². The summed E-state index contributed by atoms with van der Waals surface area (Å²) in [5.41, 5.74) is 1.05. The van der Waals surface area contributed by atoms with E-state index in [-0.39, 0.29) is 6.42 Å². The molecular formula is C6H8O2. The first-order valence-electron chi connectivity index (χ1n) is 2.68. The van der Waals surface area contributed by atoms with Crippen molar-refractivity contribution in [1.29, 1.82) is 0 Å². The van der Waals surface area contributed by atoms with E-state index in [9.17, 15) is 4.79 Å². The minimum Gasteiger partial charge on any atom is -0.512 e. The van der Waals surface area contributed by atoms with Gasteiger partial charge in [0.25, 0.3) is 0 Å². The van der Waals surface area contributed by atoms with E-state index in [1.807, 2.05) is 0 Å². The Morgan fingerprint density at radius 3 is 2.75 bits per heavy atom. The molecular weight excluding hydrogens is 104 g/mol. The van der Waals surface area contributed by atoms with Crippen LogP contribution >= 0.6 is 0 Å². The second kappa shape index (κ2) is 1.99. The second-order valence-corrected chi connectivity index (χ2v) is 1.92. The Labute approximate surface area is 47.8 Å². The van der Waals surface area contributed by atoms with Crippen LogP contribution in [0, 0.1) is 0 Å². The van der Waals surface area contributed by atoms with Crippen molar-refractivity contribution in [3.05, 3.63) is 11.3 Å². The number of carbonyl (C=O) groups is 1. The van der Waals surface area contributed by atoms with Gasteiger partial charge in [0.05, 0.1) is 12.2 Å². The number of aliphatic hydroxyl groups excluding tert-OH is 1. The largest absolute Gasteiger partial charge is 0.512 e. The number of carbonyl (C=O) groups excluding carboxylic acids is 1. The molecule has 0 amide bonds. The number of hydrogen-bond donors (Lipinski definition) is 1. The molecule has 0 heterocycles. The molecule has 0 atom stereocenters. The first-order chi connectivity index (χ1) is 3.84. The summed E-state index contributed by atoms with van der Waals surface area (Å²) in [7, 11) is 0. The van der Waals surface area contributed by atoms with E-state index in [2.05, 4.69) is 0 Å². The van der Waals surface area contributed by atoms with Crippen LogP contribution < -0.4 is 0 Å². The lowest BCUT2D eigenvalue weighted by atomic mass is 10.3. The van der Waals surface area contributed by atoms with E-state index in [0.29, 0.717) is 5.76 Å². The Balaban J connectivity index is 2.43. The van der Waals surface area contributed by atoms with Gasteiger partial charge in [0.15, 0.2) is 0 Å². The first kappa shape index (κ1) is 5.35. The zero-order valence-corrected chi connectivity index (χ0v) is 4.55. The van der Waals surface area contributed by atoms with E-state index in [1.165, 1.54) is 0 Å². The quantitative estimate of drug-likeness (QED) is 0.430. The number of rotatable bonds is 2. The van der Waals surface area contributed by atoms with Gasteiger partial charge in [-0.3, -0.25) is 0 Å². The maximum Gasteiger partial charge on any atom is 0.127 e. The Morgan fingerprint density at radius 1 is 1.75 bits per heavy atom. The minimum atomic E-state index is 0.204. The van der Waals surface area contributed by atoms with Crippen LogP contribution in [0.4, 0.5) is 0 Å². The van der Waals surface area contributed by atoms with Crippen LogP contribution in [0.25, 0.3) is 0 Å². The third-order valence-corrected chi connectivity index (χ3v) is 1.18. The summed E-state index contributed by atoms with van der Waals surface area (Å²) in [6.07, 6.45) is 2.90. The molecule has 0 saturated heterocycles. The van der Waals surface area contributed by atoms with Crippen molar-refractivity contribution in [2.45, 2.75) is 19.3 Å². The summed E-state index contributed by atoms with van der Waals surface area (Å²) >= 11 is 0. The molecule has 0 aliphatic heterocycles. The third-order valence-electron chi connectivity index (χ3n) is 1.18. The molecule has 2 nitrogen and oxygen atoms in total. The minimum absolute atomic E-state index is 0.204. The maximum absolute atomic E-state index is 9.75. The Kier molecular flexibility index (Phi) is 1.33. The lowest BCUT2D eigenvalue weighted by Gasteiger charge is -1.85. The summed E-state index contributed by atoms with van der Waals surface area (Å²) < 4.78 is 0. The molecule has 8 heavy (non-hydrogen) atoms. The third kappa shape index (κ3) is 1.09. The van der Waals surface area contributed by atoms with Crippen LogP contribution in [0.15, 0.2) is 11.3 Å². The van der Waals surface area contributed by atoms with Crippen molar-refractivity contribution in [2.24, 2.45) is 0 Å². The molecule has 0 spiro atoms. The molecule has 1 fully saturated rings. The van der Waals surface area contributed by atoms with Crippen LogP contribution in [-0.2, 0) is 4.79 Å². The standard InChI is InChI=1S/C6H8O2/c7-4-3-6(8)5-1-2-5/h4,8H,1-3H2. The molecule has 1 aliphatic carbocycles. The fraction of sp³-hybridized carbons (Fsp3) is 0.500. The van der Waals surface area contributed by atoms with Gasteiger partial charge in [-0.1, -0.05) is 0 Å². The Morgan fingerprint density at radius 2 is 2.38 bits per heavy atom. The molecule has 0 aromatic carbocycles. The Hall–Kier alpha value is -0.790. The average molecular weight is 112 g/mol. The van der Waals surface area contributed by atoms with E-state index in [4.69, 9.17) is 5.11 Å². The zero-order chi connectivity index (χ0) is 5.98. The first-order valence-corrected chi connectivity index (χ1v) is 2.68. The van der Waals surface area contributed by atoms with E-state index in [1.54, 1.807) is 0 Å². The molecule has 2 heteroatoms. The SMILES string of the molecule is O=CCC(O)=C1CC1. The van der Waals surface area contributed by atoms with Gasteiger partial charge in [-0.15, -0.1) is 0 Å². The van der Waals surface area contributed by atoms with E-state index < -0.39 is 0 Å². The highest BCUT2D eigenvalue weighted by molar-refractivity contribution is 5.54. The van der Waals surface area contributed by atoms with E-state index >= 15 is 0 Å². The summed E-state index contributed by atoms with van der Waals surface area (Å²) in [6, 6.07) is 0. The summed E-state index contributed by atoms with van der Waals surface area (Å²) in [5, 5.41) is 8.84. The van der Waals surface area contributed by atoms with Gasteiger partial charge >= 0.3 is 0 Å². The highest BCUT2D eigenvalue weighted by Crippen LogP contribution is 2.30. The van der Waals surface area contributed by atoms with Crippen molar-refractivity contribution >= 4 is 6.29 Å². The molecule has 1 N–H and O–H groups in total. The molecule has 0 radical (unpaired) electrons. The van der Waals surface area contributed by atoms with Crippen LogP contribution in [0.1, 0.15) is 19.3 Å². The number of allylic oxidation sites excluding steroid dienone is 2. The lowest BCUT2D eigenvalue weighted by molar-refractivity contribution is -0.107. The van der Waals surface area contributed by atoms with Gasteiger partial charge in [-0.2, -0.15) is 0 Å². The summed E-state index contributed by atoms with van der Waals surface area (Å²) in [6.45, 7) is 0. The van der Waals surface area contributed by atoms with Gasteiger partial charge in [0.2, 0.25) is 0 Å². The number of hydrogen-bond acceptors (Lipinski definition) is 2. The van der Waals surface area contributed by atoms with Crippen molar-refractivity contribution in [3.8, 4) is 0 Å². The van der Waals surface area contributed by atoms with Crippen LogP contribution in [0.3, 0.4) is 0 Å². The zero-order valence-electron chi connectivity index (χ0n) is 4.55. The molecule has 1 saturated carbocycles. The van der Waals surface area contributed by atoms with Crippen molar-refractivity contribution in [2.75, 3.05) is 0 Å². The fourth-order valence-electron chi connectivity index (χ4n) is 0.574. The van der Waals surface area contributed by atoms with Gasteiger partial charge in [0, 0.05) is 0 Å². The monoisotopic (exact) mass is 112 g/mol. The molecule has 0 unspecified atom stereocenters. The van der Waals surface area contributed by atoms with Crippen LogP contribution in [-0.4, -0.2) is 11.4 Å². The lowest BCUT2D eigenvalue weighted by Crippen LogP contribution is -1.80. The topological polar surface area (TPSA) is 37.3 Å².